The number of carbonyl (C=O) groups excluding carboxylic acids is 1. The SMILES string of the molecule is CCC(C)C(CCN(CC)CC)(CNC(=O)CN(CC)CC)c1cccc2ccccc12. The standard InChI is InChI=1S/C28H45N3O/c1-7-23(6)28(19-20-30(8-2)9-3,22-29-27(32)21-31(10-4)11-5)26-18-14-16-24-15-12-13-17-25(24)26/h12-18,23H,7-11,19-22H2,1-6H3,(H,29,32). The molecule has 0 aromatic heterocycles. The summed E-state index contributed by atoms with van der Waals surface area (Å²) in [6, 6.07) is 15.4. The van der Waals surface area contributed by atoms with Crippen LogP contribution in [-0.2, 0) is 10.2 Å². The maximum atomic E-state index is 12.9. The zero-order chi connectivity index (χ0) is 23.6. The smallest absolute Gasteiger partial charge is 0.234 e. The zero-order valence-corrected chi connectivity index (χ0v) is 21.3. The third-order valence-electron chi connectivity index (χ3n) is 7.51. The van der Waals surface area contributed by atoms with Crippen LogP contribution in [0.2, 0.25) is 0 Å². The van der Waals surface area contributed by atoms with Gasteiger partial charge in [-0.05, 0) is 61.4 Å². The first-order valence-corrected chi connectivity index (χ1v) is 12.6. The normalized spacial score (nSPS) is 14.6. The van der Waals surface area contributed by atoms with Gasteiger partial charge in [0, 0.05) is 12.0 Å². The highest BCUT2D eigenvalue weighted by Gasteiger charge is 2.38. The highest BCUT2D eigenvalue weighted by atomic mass is 16.2. The van der Waals surface area contributed by atoms with Crippen molar-refractivity contribution in [2.24, 2.45) is 5.92 Å². The van der Waals surface area contributed by atoms with E-state index in [4.69, 9.17) is 0 Å². The Bertz CT molecular complexity index is 823. The Balaban J connectivity index is 2.48. The van der Waals surface area contributed by atoms with Gasteiger partial charge in [-0.2, -0.15) is 0 Å². The van der Waals surface area contributed by atoms with E-state index in [1.54, 1.807) is 0 Å². The van der Waals surface area contributed by atoms with Crippen LogP contribution in [0.4, 0.5) is 0 Å². The summed E-state index contributed by atoms with van der Waals surface area (Å²) < 4.78 is 0. The predicted molar refractivity (Wildman–Crippen MR) is 138 cm³/mol. The first-order valence-electron chi connectivity index (χ1n) is 12.6. The third-order valence-corrected chi connectivity index (χ3v) is 7.51. The molecule has 4 nitrogen and oxygen atoms in total. The fourth-order valence-corrected chi connectivity index (χ4v) is 4.91. The van der Waals surface area contributed by atoms with Crippen LogP contribution in [0.3, 0.4) is 0 Å². The van der Waals surface area contributed by atoms with Crippen LogP contribution < -0.4 is 5.32 Å². The van der Waals surface area contributed by atoms with Crippen molar-refractivity contribution in [2.45, 2.75) is 59.8 Å². The molecule has 2 rings (SSSR count). The number of likely N-dealkylation sites (N-methyl/N-ethyl adjacent to an activating group) is 1. The highest BCUT2D eigenvalue weighted by molar-refractivity contribution is 5.87. The lowest BCUT2D eigenvalue weighted by Gasteiger charge is -2.42. The van der Waals surface area contributed by atoms with Gasteiger partial charge in [-0.15, -0.1) is 0 Å². The predicted octanol–water partition coefficient (Wildman–Crippen LogP) is 5.31. The molecule has 0 spiro atoms. The number of hydrogen-bond donors (Lipinski definition) is 1. The van der Waals surface area contributed by atoms with Crippen LogP contribution in [0.1, 0.15) is 59.9 Å². The monoisotopic (exact) mass is 439 g/mol. The van der Waals surface area contributed by atoms with Gasteiger partial charge in [0.2, 0.25) is 5.91 Å². The Morgan fingerprint density at radius 2 is 1.53 bits per heavy atom. The third kappa shape index (κ3) is 6.32. The Morgan fingerprint density at radius 3 is 2.16 bits per heavy atom. The van der Waals surface area contributed by atoms with E-state index in [-0.39, 0.29) is 11.3 Å². The topological polar surface area (TPSA) is 35.6 Å². The van der Waals surface area contributed by atoms with E-state index in [9.17, 15) is 4.79 Å². The molecule has 2 aromatic rings. The molecule has 0 saturated heterocycles. The number of hydrogen-bond acceptors (Lipinski definition) is 3. The number of benzene rings is 2. The molecule has 0 heterocycles. The van der Waals surface area contributed by atoms with Gasteiger partial charge in [0.05, 0.1) is 6.54 Å². The molecule has 0 fully saturated rings. The van der Waals surface area contributed by atoms with E-state index >= 15 is 0 Å². The average molecular weight is 440 g/mol. The lowest BCUT2D eigenvalue weighted by molar-refractivity contribution is -0.122. The Labute approximate surface area is 196 Å². The second kappa shape index (κ2) is 13.0. The lowest BCUT2D eigenvalue weighted by atomic mass is 9.66. The van der Waals surface area contributed by atoms with Gasteiger partial charge in [-0.25, -0.2) is 0 Å². The van der Waals surface area contributed by atoms with Gasteiger partial charge in [0.25, 0.3) is 0 Å². The summed E-state index contributed by atoms with van der Waals surface area (Å²) in [5.74, 6) is 0.571. The largest absolute Gasteiger partial charge is 0.354 e. The Kier molecular flexibility index (Phi) is 10.7. The van der Waals surface area contributed by atoms with E-state index < -0.39 is 0 Å². The molecule has 1 N–H and O–H groups in total. The molecule has 2 atom stereocenters. The van der Waals surface area contributed by atoms with E-state index in [0.29, 0.717) is 19.0 Å². The van der Waals surface area contributed by atoms with Crippen molar-refractivity contribution >= 4 is 16.7 Å². The van der Waals surface area contributed by atoms with Crippen molar-refractivity contribution in [3.8, 4) is 0 Å². The van der Waals surface area contributed by atoms with Crippen molar-refractivity contribution in [2.75, 3.05) is 45.8 Å². The van der Waals surface area contributed by atoms with Gasteiger partial charge in [0.15, 0.2) is 0 Å². The van der Waals surface area contributed by atoms with Crippen LogP contribution in [0.25, 0.3) is 10.8 Å². The first kappa shape index (κ1) is 26.3. The summed E-state index contributed by atoms with van der Waals surface area (Å²) in [6.45, 7) is 19.4. The van der Waals surface area contributed by atoms with E-state index in [1.807, 2.05) is 0 Å². The Hall–Kier alpha value is -1.91. The zero-order valence-electron chi connectivity index (χ0n) is 21.3. The Morgan fingerprint density at radius 1 is 0.906 bits per heavy atom. The number of fused-ring (bicyclic) bond motifs is 1. The molecule has 0 saturated carbocycles. The summed E-state index contributed by atoms with van der Waals surface area (Å²) in [5, 5.41) is 5.95. The maximum absolute atomic E-state index is 12.9. The fourth-order valence-electron chi connectivity index (χ4n) is 4.91. The molecule has 0 bridgehead atoms. The van der Waals surface area contributed by atoms with Crippen molar-refractivity contribution in [1.82, 2.24) is 15.1 Å². The molecule has 2 unspecified atom stereocenters. The molecule has 0 aliphatic rings. The van der Waals surface area contributed by atoms with E-state index in [1.165, 1.54) is 16.3 Å². The second-order valence-corrected chi connectivity index (χ2v) is 9.01. The molecule has 178 valence electrons. The van der Waals surface area contributed by atoms with Gasteiger partial charge in [0.1, 0.15) is 0 Å². The molecule has 32 heavy (non-hydrogen) atoms. The molecule has 1 amide bonds. The van der Waals surface area contributed by atoms with Crippen LogP contribution in [-0.4, -0.2) is 61.5 Å². The highest BCUT2D eigenvalue weighted by Crippen LogP contribution is 2.41. The molecule has 0 radical (unpaired) electrons. The van der Waals surface area contributed by atoms with Crippen LogP contribution >= 0.6 is 0 Å². The molecule has 0 aliphatic carbocycles. The molecule has 4 heteroatoms. The minimum Gasteiger partial charge on any atom is -0.354 e. The van der Waals surface area contributed by atoms with Crippen LogP contribution in [0.5, 0.6) is 0 Å². The molecular weight excluding hydrogens is 394 g/mol. The van der Waals surface area contributed by atoms with Gasteiger partial charge in [-0.3, -0.25) is 9.69 Å². The summed E-state index contributed by atoms with van der Waals surface area (Å²) in [4.78, 5) is 17.6. The van der Waals surface area contributed by atoms with Crippen molar-refractivity contribution in [3.63, 3.8) is 0 Å². The van der Waals surface area contributed by atoms with Gasteiger partial charge < -0.3 is 10.2 Å². The average Bonchev–Trinajstić information content (AvgIpc) is 2.84. The van der Waals surface area contributed by atoms with E-state index in [0.717, 1.165) is 45.6 Å². The first-order chi connectivity index (χ1) is 15.4. The number of amides is 1. The lowest BCUT2D eigenvalue weighted by Crippen LogP contribution is -2.49. The number of carbonyl (C=O) groups is 1. The van der Waals surface area contributed by atoms with Crippen molar-refractivity contribution in [3.05, 3.63) is 48.0 Å². The molecular formula is C28H45N3O. The van der Waals surface area contributed by atoms with Gasteiger partial charge >= 0.3 is 0 Å². The van der Waals surface area contributed by atoms with Crippen molar-refractivity contribution < 1.29 is 4.79 Å². The maximum Gasteiger partial charge on any atom is 0.234 e. The molecule has 2 aromatic carbocycles. The van der Waals surface area contributed by atoms with Gasteiger partial charge in [-0.1, -0.05) is 90.4 Å². The fraction of sp³-hybridized carbons (Fsp3) is 0.607. The number of nitrogens with one attached hydrogen (secondary N) is 1. The van der Waals surface area contributed by atoms with Crippen LogP contribution in [0, 0.1) is 5.92 Å². The second-order valence-electron chi connectivity index (χ2n) is 9.01. The van der Waals surface area contributed by atoms with Crippen LogP contribution in [0.15, 0.2) is 42.5 Å². The minimum absolute atomic E-state index is 0.114. The van der Waals surface area contributed by atoms with E-state index in [2.05, 4.69) is 99.1 Å². The summed E-state index contributed by atoms with van der Waals surface area (Å²) in [7, 11) is 0. The number of rotatable bonds is 14. The minimum atomic E-state index is -0.114. The van der Waals surface area contributed by atoms with Crippen molar-refractivity contribution in [1.29, 1.82) is 0 Å². The number of nitrogens with zero attached hydrogens (tertiary/aromatic N) is 2. The molecule has 0 aliphatic heterocycles. The summed E-state index contributed by atoms with van der Waals surface area (Å²) >= 11 is 0. The quantitative estimate of drug-likeness (QED) is 0.433. The summed E-state index contributed by atoms with van der Waals surface area (Å²) in [6.07, 6.45) is 2.11. The summed E-state index contributed by atoms with van der Waals surface area (Å²) in [5.41, 5.74) is 1.26.